The van der Waals surface area contributed by atoms with Crippen LogP contribution in [0.4, 0.5) is 0 Å². The molecule has 0 heterocycles. The fraction of sp³-hybridized carbons (Fsp3) is 1.00. The predicted molar refractivity (Wildman–Crippen MR) is 59.5 cm³/mol. The van der Waals surface area contributed by atoms with Gasteiger partial charge in [-0.2, -0.15) is 0 Å². The van der Waals surface area contributed by atoms with Crippen molar-refractivity contribution in [2.24, 2.45) is 0 Å². The third kappa shape index (κ3) is 8.48. The van der Waals surface area contributed by atoms with Crippen LogP contribution in [0, 0.1) is 0 Å². The fourth-order valence-electron chi connectivity index (χ4n) is 1.40. The van der Waals surface area contributed by atoms with Gasteiger partial charge in [-0.3, -0.25) is 0 Å². The van der Waals surface area contributed by atoms with E-state index in [0.717, 1.165) is 6.54 Å². The first kappa shape index (κ1) is 13.9. The van der Waals surface area contributed by atoms with Crippen molar-refractivity contribution in [3.8, 4) is 0 Å². The van der Waals surface area contributed by atoms with E-state index in [-0.39, 0.29) is 6.61 Å². The smallest absolute Gasteiger partial charge is 0.0698 e. The molecule has 0 unspecified atom stereocenters. The molecule has 14 heavy (non-hydrogen) atoms. The van der Waals surface area contributed by atoms with Crippen molar-refractivity contribution in [3.05, 3.63) is 0 Å². The zero-order chi connectivity index (χ0) is 10.6. The standard InChI is InChI=1S/C11H25NO2/c1-3-5-6-11(4-2)12-7-9-14-10-8-13/h11-13H,3-10H2,1-2H3/t11-/m1/s1. The Hall–Kier alpha value is -0.120. The first-order valence-corrected chi connectivity index (χ1v) is 5.77. The van der Waals surface area contributed by atoms with Crippen molar-refractivity contribution in [3.63, 3.8) is 0 Å². The molecular weight excluding hydrogens is 178 g/mol. The topological polar surface area (TPSA) is 41.5 Å². The van der Waals surface area contributed by atoms with Gasteiger partial charge in [0.05, 0.1) is 19.8 Å². The number of hydrogen-bond acceptors (Lipinski definition) is 3. The Labute approximate surface area is 87.8 Å². The van der Waals surface area contributed by atoms with Crippen molar-refractivity contribution in [2.45, 2.75) is 45.6 Å². The molecule has 86 valence electrons. The Morgan fingerprint density at radius 1 is 1.29 bits per heavy atom. The number of ether oxygens (including phenoxy) is 1. The highest BCUT2D eigenvalue weighted by Crippen LogP contribution is 2.03. The second-order valence-electron chi connectivity index (χ2n) is 3.54. The molecule has 0 aromatic heterocycles. The molecule has 3 nitrogen and oxygen atoms in total. The third-order valence-corrected chi connectivity index (χ3v) is 2.31. The number of unbranched alkanes of at least 4 members (excludes halogenated alkanes) is 1. The summed E-state index contributed by atoms with van der Waals surface area (Å²) in [7, 11) is 0. The molecule has 0 aromatic carbocycles. The minimum atomic E-state index is 0.118. The molecule has 3 heteroatoms. The summed E-state index contributed by atoms with van der Waals surface area (Å²) >= 11 is 0. The van der Waals surface area contributed by atoms with E-state index in [4.69, 9.17) is 9.84 Å². The van der Waals surface area contributed by atoms with E-state index < -0.39 is 0 Å². The van der Waals surface area contributed by atoms with Gasteiger partial charge in [0.15, 0.2) is 0 Å². The van der Waals surface area contributed by atoms with Crippen molar-refractivity contribution in [1.29, 1.82) is 0 Å². The molecule has 0 spiro atoms. The second kappa shape index (κ2) is 11.0. The summed E-state index contributed by atoms with van der Waals surface area (Å²) < 4.78 is 5.17. The maximum Gasteiger partial charge on any atom is 0.0698 e. The van der Waals surface area contributed by atoms with Crippen LogP contribution in [-0.2, 0) is 4.74 Å². The van der Waals surface area contributed by atoms with Gasteiger partial charge in [-0.25, -0.2) is 0 Å². The van der Waals surface area contributed by atoms with Gasteiger partial charge in [0.2, 0.25) is 0 Å². The molecule has 0 aliphatic rings. The Kier molecular flexibility index (Phi) is 10.9. The summed E-state index contributed by atoms with van der Waals surface area (Å²) in [6.07, 6.45) is 5.00. The van der Waals surface area contributed by atoms with Gasteiger partial charge >= 0.3 is 0 Å². The largest absolute Gasteiger partial charge is 0.394 e. The Balaban J connectivity index is 3.24. The first-order valence-electron chi connectivity index (χ1n) is 5.77. The summed E-state index contributed by atoms with van der Waals surface area (Å²) in [5, 5.41) is 11.9. The lowest BCUT2D eigenvalue weighted by molar-refractivity contribution is 0.0923. The van der Waals surface area contributed by atoms with Crippen molar-refractivity contribution in [1.82, 2.24) is 5.32 Å². The van der Waals surface area contributed by atoms with Crippen molar-refractivity contribution in [2.75, 3.05) is 26.4 Å². The fourth-order valence-corrected chi connectivity index (χ4v) is 1.40. The van der Waals surface area contributed by atoms with Crippen molar-refractivity contribution < 1.29 is 9.84 Å². The van der Waals surface area contributed by atoms with Gasteiger partial charge in [0, 0.05) is 12.6 Å². The van der Waals surface area contributed by atoms with Gasteiger partial charge in [-0.15, -0.1) is 0 Å². The number of aliphatic hydroxyl groups excluding tert-OH is 1. The summed E-state index contributed by atoms with van der Waals surface area (Å²) in [5.74, 6) is 0. The molecular formula is C11H25NO2. The lowest BCUT2D eigenvalue weighted by Crippen LogP contribution is -2.31. The zero-order valence-electron chi connectivity index (χ0n) is 9.59. The quantitative estimate of drug-likeness (QED) is 0.529. The minimum Gasteiger partial charge on any atom is -0.394 e. The van der Waals surface area contributed by atoms with Crippen LogP contribution in [0.15, 0.2) is 0 Å². The summed E-state index contributed by atoms with van der Waals surface area (Å²) in [6, 6.07) is 0.632. The van der Waals surface area contributed by atoms with E-state index in [0.29, 0.717) is 19.3 Å². The average molecular weight is 203 g/mol. The van der Waals surface area contributed by atoms with Crippen LogP contribution in [-0.4, -0.2) is 37.5 Å². The molecule has 0 amide bonds. The maximum atomic E-state index is 8.49. The Morgan fingerprint density at radius 2 is 2.07 bits per heavy atom. The van der Waals surface area contributed by atoms with Crippen molar-refractivity contribution >= 4 is 0 Å². The number of hydrogen-bond donors (Lipinski definition) is 2. The molecule has 0 saturated carbocycles. The molecule has 0 rings (SSSR count). The molecule has 2 N–H and O–H groups in total. The SMILES string of the molecule is CCCC[C@@H](CC)NCCOCCO. The third-order valence-electron chi connectivity index (χ3n) is 2.31. The van der Waals surface area contributed by atoms with Crippen LogP contribution in [0.5, 0.6) is 0 Å². The molecule has 0 aliphatic carbocycles. The molecule has 0 radical (unpaired) electrons. The molecule has 1 atom stereocenters. The number of nitrogens with one attached hydrogen (secondary N) is 1. The average Bonchev–Trinajstić information content (AvgIpc) is 2.22. The second-order valence-corrected chi connectivity index (χ2v) is 3.54. The predicted octanol–water partition coefficient (Wildman–Crippen LogP) is 1.55. The van der Waals surface area contributed by atoms with Crippen LogP contribution >= 0.6 is 0 Å². The Bertz CT molecular complexity index is 109. The molecule has 0 bridgehead atoms. The van der Waals surface area contributed by atoms with Crippen LogP contribution in [0.2, 0.25) is 0 Å². The minimum absolute atomic E-state index is 0.118. The molecule has 0 aliphatic heterocycles. The molecule has 0 aromatic rings. The number of aliphatic hydroxyl groups is 1. The van der Waals surface area contributed by atoms with E-state index in [1.165, 1.54) is 25.7 Å². The highest BCUT2D eigenvalue weighted by atomic mass is 16.5. The van der Waals surface area contributed by atoms with E-state index in [2.05, 4.69) is 19.2 Å². The van der Waals surface area contributed by atoms with Crippen LogP contribution in [0.25, 0.3) is 0 Å². The summed E-state index contributed by atoms with van der Waals surface area (Å²) in [4.78, 5) is 0. The summed E-state index contributed by atoms with van der Waals surface area (Å²) in [6.45, 7) is 6.59. The van der Waals surface area contributed by atoms with Gasteiger partial charge in [0.25, 0.3) is 0 Å². The molecule has 0 saturated heterocycles. The molecule has 0 fully saturated rings. The maximum absolute atomic E-state index is 8.49. The lowest BCUT2D eigenvalue weighted by atomic mass is 10.1. The van der Waals surface area contributed by atoms with Crippen LogP contribution in [0.3, 0.4) is 0 Å². The normalized spacial score (nSPS) is 13.1. The van der Waals surface area contributed by atoms with Gasteiger partial charge < -0.3 is 15.2 Å². The van der Waals surface area contributed by atoms with Crippen LogP contribution in [0.1, 0.15) is 39.5 Å². The van der Waals surface area contributed by atoms with E-state index in [1.807, 2.05) is 0 Å². The van der Waals surface area contributed by atoms with Gasteiger partial charge in [-0.05, 0) is 12.8 Å². The Morgan fingerprint density at radius 3 is 2.64 bits per heavy atom. The number of rotatable bonds is 10. The van der Waals surface area contributed by atoms with E-state index in [9.17, 15) is 0 Å². The lowest BCUT2D eigenvalue weighted by Gasteiger charge is -2.16. The van der Waals surface area contributed by atoms with Crippen LogP contribution < -0.4 is 5.32 Å². The highest BCUT2D eigenvalue weighted by molar-refractivity contribution is 4.63. The zero-order valence-corrected chi connectivity index (χ0v) is 9.59. The first-order chi connectivity index (χ1) is 6.85. The highest BCUT2D eigenvalue weighted by Gasteiger charge is 2.03. The van der Waals surface area contributed by atoms with Gasteiger partial charge in [-0.1, -0.05) is 26.7 Å². The van der Waals surface area contributed by atoms with E-state index in [1.54, 1.807) is 0 Å². The monoisotopic (exact) mass is 203 g/mol. The summed E-state index contributed by atoms with van der Waals surface area (Å²) in [5.41, 5.74) is 0. The van der Waals surface area contributed by atoms with E-state index >= 15 is 0 Å². The van der Waals surface area contributed by atoms with Gasteiger partial charge in [0.1, 0.15) is 0 Å².